The highest BCUT2D eigenvalue weighted by molar-refractivity contribution is 5.84. The molecule has 32 heavy (non-hydrogen) atoms. The van der Waals surface area contributed by atoms with Gasteiger partial charge in [0.25, 0.3) is 5.69 Å². The molecule has 2 unspecified atom stereocenters. The molecule has 2 N–H and O–H groups in total. The average molecular weight is 447 g/mol. The van der Waals surface area contributed by atoms with Gasteiger partial charge in [0.05, 0.1) is 10.5 Å². The van der Waals surface area contributed by atoms with Crippen molar-refractivity contribution in [2.45, 2.75) is 76.5 Å². The van der Waals surface area contributed by atoms with Gasteiger partial charge in [-0.15, -0.1) is 0 Å². The number of amides is 1. The molecule has 0 spiro atoms. The summed E-state index contributed by atoms with van der Waals surface area (Å²) in [6.07, 6.45) is 3.63. The Kier molecular flexibility index (Phi) is 5.43. The van der Waals surface area contributed by atoms with E-state index in [-0.39, 0.29) is 11.4 Å². The van der Waals surface area contributed by atoms with Crippen molar-refractivity contribution in [2.75, 3.05) is 0 Å². The Balaban J connectivity index is 1.60. The molecule has 4 aliphatic carbocycles. The zero-order valence-corrected chi connectivity index (χ0v) is 18.6. The normalized spacial score (nSPS) is 31.6. The quantitative estimate of drug-likeness (QED) is 0.305. The van der Waals surface area contributed by atoms with Crippen molar-refractivity contribution in [3.05, 3.63) is 34.4 Å². The molecule has 9 nitrogen and oxygen atoms in total. The van der Waals surface area contributed by atoms with Crippen molar-refractivity contribution in [1.29, 1.82) is 0 Å². The van der Waals surface area contributed by atoms with Crippen LogP contribution in [0.4, 0.5) is 10.5 Å². The van der Waals surface area contributed by atoms with Gasteiger partial charge in [-0.25, -0.2) is 9.59 Å². The van der Waals surface area contributed by atoms with E-state index in [0.29, 0.717) is 18.3 Å². The van der Waals surface area contributed by atoms with Crippen molar-refractivity contribution in [3.63, 3.8) is 0 Å². The number of nitro groups is 1. The first-order chi connectivity index (χ1) is 14.9. The second-order valence-corrected chi connectivity index (χ2v) is 10.8. The van der Waals surface area contributed by atoms with Crippen LogP contribution in [0, 0.1) is 27.4 Å². The Labute approximate surface area is 186 Å². The number of hydrogen-bond donors (Lipinski definition) is 2. The Hall–Kier alpha value is -2.68. The summed E-state index contributed by atoms with van der Waals surface area (Å²) in [5.41, 5.74) is -2.30. The number of ether oxygens (including phenoxy) is 2. The topological polar surface area (TPSA) is 128 Å². The first kappa shape index (κ1) is 22.5. The molecule has 0 aromatic heterocycles. The molecule has 0 radical (unpaired) electrons. The van der Waals surface area contributed by atoms with E-state index in [4.69, 9.17) is 9.47 Å². The molecular weight excluding hydrogens is 416 g/mol. The average Bonchev–Trinajstić information content (AvgIpc) is 2.63. The molecule has 4 saturated carbocycles. The summed E-state index contributed by atoms with van der Waals surface area (Å²) in [7, 11) is 0. The van der Waals surface area contributed by atoms with Gasteiger partial charge in [0.15, 0.2) is 0 Å². The highest BCUT2D eigenvalue weighted by Gasteiger charge is 2.61. The summed E-state index contributed by atoms with van der Waals surface area (Å²) in [6.45, 7) is 5.22. The number of nitrogens with zero attached hydrogens (tertiary/aromatic N) is 1. The minimum atomic E-state index is -0.995. The Bertz CT molecular complexity index is 907. The van der Waals surface area contributed by atoms with E-state index in [2.05, 4.69) is 5.32 Å². The van der Waals surface area contributed by atoms with Crippen LogP contribution in [0.1, 0.15) is 59.3 Å². The lowest BCUT2D eigenvalue weighted by molar-refractivity contribution is -0.384. The Morgan fingerprint density at radius 2 is 1.75 bits per heavy atom. The van der Waals surface area contributed by atoms with Gasteiger partial charge in [-0.1, -0.05) is 0 Å². The van der Waals surface area contributed by atoms with Gasteiger partial charge >= 0.3 is 12.1 Å². The lowest BCUT2D eigenvalue weighted by Crippen LogP contribution is -2.65. The summed E-state index contributed by atoms with van der Waals surface area (Å²) >= 11 is 0. The fraction of sp³-hybridized carbons (Fsp3) is 0.652. The first-order valence-corrected chi connectivity index (χ1v) is 11.0. The van der Waals surface area contributed by atoms with Crippen LogP contribution < -0.4 is 10.1 Å². The van der Waals surface area contributed by atoms with Gasteiger partial charge in [-0.05, 0) is 83.3 Å². The molecule has 4 bridgehead atoms. The third-order valence-corrected chi connectivity index (χ3v) is 6.85. The molecule has 4 fully saturated rings. The zero-order valence-electron chi connectivity index (χ0n) is 18.6. The molecule has 0 heterocycles. The number of alkyl carbamates (subject to hydrolysis) is 1. The maximum absolute atomic E-state index is 13.3. The minimum absolute atomic E-state index is 0.114. The van der Waals surface area contributed by atoms with Crippen LogP contribution in [0.3, 0.4) is 0 Å². The molecule has 0 aliphatic heterocycles. The molecule has 1 aromatic rings. The number of carbonyl (C=O) groups excluding carboxylic acids is 2. The molecule has 0 saturated heterocycles. The van der Waals surface area contributed by atoms with Gasteiger partial charge in [0, 0.05) is 17.5 Å². The number of nitro benzene ring substituents is 1. The van der Waals surface area contributed by atoms with Gasteiger partial charge < -0.3 is 19.9 Å². The van der Waals surface area contributed by atoms with E-state index in [9.17, 15) is 24.8 Å². The molecule has 9 heteroatoms. The zero-order chi connectivity index (χ0) is 23.3. The van der Waals surface area contributed by atoms with Crippen LogP contribution in [0.15, 0.2) is 24.3 Å². The maximum atomic E-state index is 13.3. The molecular formula is C23H30N2O7. The monoisotopic (exact) mass is 446 g/mol. The second-order valence-electron chi connectivity index (χ2n) is 10.8. The first-order valence-electron chi connectivity index (χ1n) is 11.0. The third kappa shape index (κ3) is 4.57. The van der Waals surface area contributed by atoms with E-state index >= 15 is 0 Å². The van der Waals surface area contributed by atoms with Crippen LogP contribution in [0.5, 0.6) is 5.75 Å². The number of aliphatic hydroxyl groups is 1. The maximum Gasteiger partial charge on any atom is 0.408 e. The summed E-state index contributed by atoms with van der Waals surface area (Å²) < 4.78 is 11.0. The predicted molar refractivity (Wildman–Crippen MR) is 114 cm³/mol. The fourth-order valence-corrected chi connectivity index (χ4v) is 6.32. The molecule has 4 aliphatic rings. The van der Waals surface area contributed by atoms with Crippen molar-refractivity contribution < 1.29 is 29.1 Å². The van der Waals surface area contributed by atoms with Crippen LogP contribution >= 0.6 is 0 Å². The molecule has 5 rings (SSSR count). The van der Waals surface area contributed by atoms with E-state index < -0.39 is 39.6 Å². The number of nitrogens with one attached hydrogen (secondary N) is 1. The number of benzene rings is 1. The Morgan fingerprint density at radius 3 is 2.25 bits per heavy atom. The number of hydrogen-bond acceptors (Lipinski definition) is 7. The van der Waals surface area contributed by atoms with Gasteiger partial charge in [0.1, 0.15) is 17.4 Å². The smallest absolute Gasteiger partial charge is 0.408 e. The number of carbonyl (C=O) groups is 2. The molecule has 3 atom stereocenters. The van der Waals surface area contributed by atoms with E-state index in [1.165, 1.54) is 24.3 Å². The summed E-state index contributed by atoms with van der Waals surface area (Å²) in [5.74, 6) is 0.100. The van der Waals surface area contributed by atoms with Gasteiger partial charge in [-0.3, -0.25) is 10.1 Å². The Morgan fingerprint density at radius 1 is 1.16 bits per heavy atom. The van der Waals surface area contributed by atoms with Crippen molar-refractivity contribution in [3.8, 4) is 5.75 Å². The van der Waals surface area contributed by atoms with Gasteiger partial charge in [-0.2, -0.15) is 0 Å². The summed E-state index contributed by atoms with van der Waals surface area (Å²) in [5, 5.41) is 24.8. The molecule has 1 aromatic carbocycles. The lowest BCUT2D eigenvalue weighted by atomic mass is 9.46. The number of non-ortho nitro benzene ring substituents is 1. The molecule has 174 valence electrons. The highest BCUT2D eigenvalue weighted by atomic mass is 16.6. The van der Waals surface area contributed by atoms with Gasteiger partial charge in [0.2, 0.25) is 0 Å². The summed E-state index contributed by atoms with van der Waals surface area (Å²) in [4.78, 5) is 36.3. The van der Waals surface area contributed by atoms with Crippen molar-refractivity contribution >= 4 is 17.7 Å². The van der Waals surface area contributed by atoms with Crippen LogP contribution in [-0.4, -0.2) is 39.3 Å². The number of rotatable bonds is 5. The van der Waals surface area contributed by atoms with E-state index in [0.717, 1.165) is 32.1 Å². The minimum Gasteiger partial charge on any atom is -0.444 e. The highest BCUT2D eigenvalue weighted by Crippen LogP contribution is 2.62. The van der Waals surface area contributed by atoms with Crippen LogP contribution in [0.25, 0.3) is 0 Å². The van der Waals surface area contributed by atoms with Crippen LogP contribution in [0.2, 0.25) is 0 Å². The number of esters is 1. The van der Waals surface area contributed by atoms with Crippen LogP contribution in [-0.2, 0) is 9.53 Å². The predicted octanol–water partition coefficient (Wildman–Crippen LogP) is 3.72. The second kappa shape index (κ2) is 7.72. The van der Waals surface area contributed by atoms with E-state index in [1.54, 1.807) is 20.8 Å². The van der Waals surface area contributed by atoms with Crippen molar-refractivity contribution in [1.82, 2.24) is 5.32 Å². The summed E-state index contributed by atoms with van der Waals surface area (Å²) in [6, 6.07) is 4.23. The standard InChI is InChI=1S/C23H30N2O7/c1-21(2,3)32-20(27)24-18(19(26)31-17-6-4-16(5-7-17)25(29)30)22-9-14-8-15(10-22)12-23(28,11-14)13-22/h4-7,14-15,18,28H,8-13H2,1-3H3,(H,24,27)/t14?,15?,18-,22?,23?/m1/s1. The fourth-order valence-electron chi connectivity index (χ4n) is 6.32. The third-order valence-electron chi connectivity index (χ3n) is 6.85. The van der Waals surface area contributed by atoms with Crippen molar-refractivity contribution in [2.24, 2.45) is 17.3 Å². The lowest BCUT2D eigenvalue weighted by Gasteiger charge is -2.61. The molecule has 1 amide bonds. The SMILES string of the molecule is CC(C)(C)OC(=O)N[C@H](C(=O)Oc1ccc([N+](=O)[O-])cc1)C12CC3CC(CC(O)(C3)C1)C2. The van der Waals surface area contributed by atoms with E-state index in [1.807, 2.05) is 0 Å². The largest absolute Gasteiger partial charge is 0.444 e.